The molecule has 7 heteroatoms. The molecule has 2 heterocycles. The lowest BCUT2D eigenvalue weighted by molar-refractivity contribution is -0.389. The number of rotatable bonds is 2. The first kappa shape index (κ1) is 16.1. The molecule has 0 amide bonds. The molecule has 4 N–H and O–H groups in total. The van der Waals surface area contributed by atoms with E-state index in [0.29, 0.717) is 23.1 Å². The number of H-pyrrole nitrogens is 1. The number of halogens is 1. The van der Waals surface area contributed by atoms with E-state index in [1.54, 1.807) is 13.1 Å². The van der Waals surface area contributed by atoms with Crippen LogP contribution in [0.1, 0.15) is 38.8 Å². The number of aromatic hydroxyl groups is 3. The van der Waals surface area contributed by atoms with Gasteiger partial charge in [0, 0.05) is 24.1 Å². The molecule has 0 saturated heterocycles. The third kappa shape index (κ3) is 2.36. The van der Waals surface area contributed by atoms with Gasteiger partial charge in [0.25, 0.3) is 0 Å². The number of carbonyl (C=O) groups is 1. The van der Waals surface area contributed by atoms with Gasteiger partial charge in [-0.05, 0) is 6.07 Å². The van der Waals surface area contributed by atoms with Gasteiger partial charge in [0.15, 0.2) is 18.2 Å². The minimum atomic E-state index is -0.687. The Hall–Kier alpha value is -2.31. The lowest BCUT2D eigenvalue weighted by Crippen LogP contribution is -3.00. The first-order valence-electron chi connectivity index (χ1n) is 6.38. The molecule has 2 aromatic rings. The number of pyridine rings is 1. The van der Waals surface area contributed by atoms with Crippen LogP contribution in [0.5, 0.6) is 17.2 Å². The molecule has 1 atom stereocenters. The van der Waals surface area contributed by atoms with Gasteiger partial charge in [-0.25, -0.2) is 4.98 Å². The molecule has 0 spiro atoms. The van der Waals surface area contributed by atoms with Gasteiger partial charge in [-0.2, -0.15) is 0 Å². The van der Waals surface area contributed by atoms with Crippen molar-refractivity contribution in [3.05, 3.63) is 46.3 Å². The molecule has 1 unspecified atom stereocenters. The largest absolute Gasteiger partial charge is 1.00 e. The van der Waals surface area contributed by atoms with Crippen molar-refractivity contribution in [1.29, 1.82) is 0 Å². The quantitative estimate of drug-likeness (QED) is 0.576. The van der Waals surface area contributed by atoms with Gasteiger partial charge in [-0.15, -0.1) is 0 Å². The Morgan fingerprint density at radius 1 is 1.27 bits per heavy atom. The predicted molar refractivity (Wildman–Crippen MR) is 71.2 cm³/mol. The van der Waals surface area contributed by atoms with Crippen LogP contribution >= 0.6 is 0 Å². The zero-order valence-corrected chi connectivity index (χ0v) is 12.4. The second-order valence-corrected chi connectivity index (χ2v) is 4.98. The first-order valence-corrected chi connectivity index (χ1v) is 6.38. The topological polar surface area (TPSA) is 101 Å². The number of hydrogen-bond acceptors (Lipinski definition) is 5. The second kappa shape index (κ2) is 5.82. The molecule has 1 aromatic heterocycles. The smallest absolute Gasteiger partial charge is 0.219 e. The normalized spacial score (nSPS) is 16.0. The summed E-state index contributed by atoms with van der Waals surface area (Å²) in [6.45, 7) is 2.00. The fourth-order valence-corrected chi connectivity index (χ4v) is 2.53. The van der Waals surface area contributed by atoms with Gasteiger partial charge in [0.2, 0.25) is 5.69 Å². The van der Waals surface area contributed by atoms with Crippen LogP contribution in [-0.4, -0.2) is 21.6 Å². The lowest BCUT2D eigenvalue weighted by atomic mass is 9.96. The summed E-state index contributed by atoms with van der Waals surface area (Å²) in [6.07, 6.45) is 1.55. The molecule has 0 aliphatic carbocycles. The number of hydrogen-bond donors (Lipinski definition) is 3. The van der Waals surface area contributed by atoms with Crippen LogP contribution in [0.3, 0.4) is 0 Å². The van der Waals surface area contributed by atoms with Crippen molar-refractivity contribution in [3.63, 3.8) is 0 Å². The summed E-state index contributed by atoms with van der Waals surface area (Å²) >= 11 is 0. The second-order valence-electron chi connectivity index (χ2n) is 4.98. The Balaban J connectivity index is 0.00000176. The lowest BCUT2D eigenvalue weighted by Gasteiger charge is -2.15. The van der Waals surface area contributed by atoms with Gasteiger partial charge >= 0.3 is 0 Å². The highest BCUT2D eigenvalue weighted by Gasteiger charge is 2.33. The molecule has 1 aromatic carbocycles. The van der Waals surface area contributed by atoms with Crippen LogP contribution in [0, 0.1) is 6.92 Å². The highest BCUT2D eigenvalue weighted by Crippen LogP contribution is 2.44. The van der Waals surface area contributed by atoms with Gasteiger partial charge in [0.1, 0.15) is 17.6 Å². The Morgan fingerprint density at radius 2 is 2.00 bits per heavy atom. The van der Waals surface area contributed by atoms with Crippen LogP contribution in [0.25, 0.3) is 0 Å². The van der Waals surface area contributed by atoms with Crippen molar-refractivity contribution in [2.75, 3.05) is 0 Å². The molecule has 1 aliphatic rings. The van der Waals surface area contributed by atoms with Crippen molar-refractivity contribution < 1.29 is 42.2 Å². The zero-order valence-electron chi connectivity index (χ0n) is 11.6. The Morgan fingerprint density at radius 3 is 2.68 bits per heavy atom. The molecular formula is C15H14ClNO5. The summed E-state index contributed by atoms with van der Waals surface area (Å²) in [5.41, 5.74) is 2.30. The van der Waals surface area contributed by atoms with E-state index in [1.807, 2.05) is 0 Å². The number of aromatic amines is 1. The number of aryl methyl sites for hydroxylation is 1. The van der Waals surface area contributed by atoms with Crippen molar-refractivity contribution in [2.45, 2.75) is 19.6 Å². The number of nitrogens with one attached hydrogen (secondary N) is 1. The molecule has 0 radical (unpaired) electrons. The van der Waals surface area contributed by atoms with Gasteiger partial charge < -0.3 is 32.5 Å². The van der Waals surface area contributed by atoms with Crippen LogP contribution in [0.15, 0.2) is 18.3 Å². The zero-order chi connectivity index (χ0) is 15.1. The SMILES string of the molecule is Cc1[nH+]cc2c(c1O)C(c1cc(C=O)c(O)cc1O)OC2.[Cl-]. The molecule has 1 aliphatic heterocycles. The van der Waals surface area contributed by atoms with Crippen LogP contribution < -0.4 is 17.4 Å². The van der Waals surface area contributed by atoms with E-state index in [1.165, 1.54) is 6.07 Å². The number of fused-ring (bicyclic) bond motifs is 1. The van der Waals surface area contributed by atoms with Crippen LogP contribution in [-0.2, 0) is 11.3 Å². The molecule has 116 valence electrons. The number of phenols is 2. The van der Waals surface area contributed by atoms with Crippen molar-refractivity contribution in [1.82, 2.24) is 0 Å². The van der Waals surface area contributed by atoms with E-state index in [0.717, 1.165) is 11.6 Å². The summed E-state index contributed by atoms with van der Waals surface area (Å²) in [7, 11) is 0. The Bertz CT molecular complexity index is 747. The number of carbonyl (C=O) groups excluding carboxylic acids is 1. The molecule has 3 rings (SSSR count). The fourth-order valence-electron chi connectivity index (χ4n) is 2.53. The van der Waals surface area contributed by atoms with E-state index < -0.39 is 6.10 Å². The Labute approximate surface area is 132 Å². The van der Waals surface area contributed by atoms with Crippen molar-refractivity contribution >= 4 is 6.29 Å². The average Bonchev–Trinajstić information content (AvgIpc) is 2.88. The molecule has 22 heavy (non-hydrogen) atoms. The highest BCUT2D eigenvalue weighted by atomic mass is 35.5. The van der Waals surface area contributed by atoms with E-state index in [-0.39, 0.29) is 41.8 Å². The number of aromatic nitrogens is 1. The molecule has 0 saturated carbocycles. The summed E-state index contributed by atoms with van der Waals surface area (Å²) in [6, 6.07) is 2.46. The minimum absolute atomic E-state index is 0. The first-order chi connectivity index (χ1) is 10.0. The fraction of sp³-hybridized carbons (Fsp3) is 0.200. The maximum Gasteiger partial charge on any atom is 0.219 e. The average molecular weight is 324 g/mol. The van der Waals surface area contributed by atoms with Crippen molar-refractivity contribution in [3.8, 4) is 17.2 Å². The van der Waals surface area contributed by atoms with Gasteiger partial charge in [-0.3, -0.25) is 4.79 Å². The maximum atomic E-state index is 10.9. The van der Waals surface area contributed by atoms with E-state index in [2.05, 4.69) is 4.98 Å². The number of benzene rings is 1. The molecule has 0 fully saturated rings. The molecular weight excluding hydrogens is 310 g/mol. The van der Waals surface area contributed by atoms with Crippen molar-refractivity contribution in [2.24, 2.45) is 0 Å². The Kier molecular flexibility index (Phi) is 4.25. The number of phenolic OH excluding ortho intramolecular Hbond substituents is 2. The van der Waals surface area contributed by atoms with Gasteiger partial charge in [-0.1, -0.05) is 0 Å². The standard InChI is InChI=1S/C15H13NO5.ClH/c1-7-14(20)13-9(4-16-7)6-21-15(13)10-2-8(5-17)11(18)3-12(10)19;/h2-5,15,18-20H,6H2,1H3;1H. The van der Waals surface area contributed by atoms with Crippen LogP contribution in [0.4, 0.5) is 0 Å². The molecule has 6 nitrogen and oxygen atoms in total. The summed E-state index contributed by atoms with van der Waals surface area (Å²) in [5, 5.41) is 29.8. The minimum Gasteiger partial charge on any atom is -1.00 e. The maximum absolute atomic E-state index is 10.9. The van der Waals surface area contributed by atoms with E-state index >= 15 is 0 Å². The number of aldehydes is 1. The summed E-state index contributed by atoms with van der Waals surface area (Å²) < 4.78 is 5.63. The monoisotopic (exact) mass is 323 g/mol. The predicted octanol–water partition coefficient (Wildman–Crippen LogP) is -1.64. The third-order valence-electron chi connectivity index (χ3n) is 3.67. The summed E-state index contributed by atoms with van der Waals surface area (Å²) in [5.74, 6) is -0.428. The number of ether oxygens (including phenoxy) is 1. The van der Waals surface area contributed by atoms with Gasteiger partial charge in [0.05, 0.1) is 17.7 Å². The van der Waals surface area contributed by atoms with E-state index in [9.17, 15) is 20.1 Å². The van der Waals surface area contributed by atoms with Crippen LogP contribution in [0.2, 0.25) is 0 Å². The third-order valence-corrected chi connectivity index (χ3v) is 3.67. The summed E-state index contributed by atoms with van der Waals surface area (Å²) in [4.78, 5) is 13.9. The highest BCUT2D eigenvalue weighted by molar-refractivity contribution is 5.80. The van der Waals surface area contributed by atoms with E-state index in [4.69, 9.17) is 4.74 Å². The molecule has 0 bridgehead atoms.